The summed E-state index contributed by atoms with van der Waals surface area (Å²) in [6.07, 6.45) is 1.45. The third-order valence-electron chi connectivity index (χ3n) is 4.14. The van der Waals surface area contributed by atoms with Crippen LogP contribution in [0.5, 0.6) is 5.75 Å². The standard InChI is InChI=1S/C18H20N2O4S/c1-12-19-14(11-25-12)10-24-15-7-5-13(6-8-15)17(21)20-9-3-4-16(20)18(22)23-2/h5-8,11,16H,3-4,9-10H2,1-2H3/t16-/m1/s1. The molecule has 0 saturated carbocycles. The number of carbonyl (C=O) groups excluding carboxylic acids is 2. The monoisotopic (exact) mass is 360 g/mol. The van der Waals surface area contributed by atoms with Crippen LogP contribution in [0.15, 0.2) is 29.6 Å². The average Bonchev–Trinajstić information content (AvgIpc) is 3.28. The van der Waals surface area contributed by atoms with E-state index < -0.39 is 6.04 Å². The second-order valence-corrected chi connectivity index (χ2v) is 6.91. The fourth-order valence-electron chi connectivity index (χ4n) is 2.88. The lowest BCUT2D eigenvalue weighted by atomic mass is 10.1. The normalized spacial score (nSPS) is 16.7. The van der Waals surface area contributed by atoms with Crippen molar-refractivity contribution < 1.29 is 19.1 Å². The fraction of sp³-hybridized carbons (Fsp3) is 0.389. The zero-order chi connectivity index (χ0) is 17.8. The van der Waals surface area contributed by atoms with Gasteiger partial charge < -0.3 is 14.4 Å². The lowest BCUT2D eigenvalue weighted by Gasteiger charge is -2.22. The smallest absolute Gasteiger partial charge is 0.328 e. The molecule has 132 valence electrons. The molecule has 7 heteroatoms. The predicted octanol–water partition coefficient (Wildman–Crippen LogP) is 2.81. The number of thiazole rings is 1. The quantitative estimate of drug-likeness (QED) is 0.767. The van der Waals surface area contributed by atoms with E-state index in [0.29, 0.717) is 30.9 Å². The Kier molecular flexibility index (Phi) is 5.33. The lowest BCUT2D eigenvalue weighted by molar-refractivity contribution is -0.145. The maximum absolute atomic E-state index is 12.6. The van der Waals surface area contributed by atoms with Crippen molar-refractivity contribution in [3.63, 3.8) is 0 Å². The van der Waals surface area contributed by atoms with Gasteiger partial charge in [0.2, 0.25) is 0 Å². The molecular weight excluding hydrogens is 340 g/mol. The van der Waals surface area contributed by atoms with Crippen molar-refractivity contribution >= 4 is 23.2 Å². The summed E-state index contributed by atoms with van der Waals surface area (Å²) in [4.78, 5) is 30.4. The molecular formula is C18H20N2O4S. The number of rotatable bonds is 5. The maximum Gasteiger partial charge on any atom is 0.328 e. The van der Waals surface area contributed by atoms with Crippen molar-refractivity contribution in [2.45, 2.75) is 32.4 Å². The molecule has 1 fully saturated rings. The Morgan fingerprint density at radius 3 is 2.72 bits per heavy atom. The van der Waals surface area contributed by atoms with Gasteiger partial charge in [-0.1, -0.05) is 0 Å². The Labute approximate surface area is 150 Å². The molecule has 1 aromatic carbocycles. The van der Waals surface area contributed by atoms with Crippen LogP contribution in [-0.4, -0.2) is 41.5 Å². The lowest BCUT2D eigenvalue weighted by Crippen LogP contribution is -2.41. The van der Waals surface area contributed by atoms with E-state index >= 15 is 0 Å². The van der Waals surface area contributed by atoms with E-state index in [1.807, 2.05) is 12.3 Å². The Bertz CT molecular complexity index is 757. The molecule has 2 heterocycles. The molecule has 2 aromatic rings. The maximum atomic E-state index is 12.6. The zero-order valence-electron chi connectivity index (χ0n) is 14.2. The number of hydrogen-bond donors (Lipinski definition) is 0. The van der Waals surface area contributed by atoms with Crippen molar-refractivity contribution in [1.29, 1.82) is 0 Å². The molecule has 1 saturated heterocycles. The fourth-order valence-corrected chi connectivity index (χ4v) is 3.48. The second kappa shape index (κ2) is 7.65. The van der Waals surface area contributed by atoms with Crippen LogP contribution >= 0.6 is 11.3 Å². The number of ether oxygens (including phenoxy) is 2. The first-order valence-electron chi connectivity index (χ1n) is 8.11. The summed E-state index contributed by atoms with van der Waals surface area (Å²) in [5.74, 6) is 0.159. The summed E-state index contributed by atoms with van der Waals surface area (Å²) in [6, 6.07) is 6.47. The largest absolute Gasteiger partial charge is 0.487 e. The molecule has 0 spiro atoms. The van der Waals surface area contributed by atoms with E-state index in [1.54, 1.807) is 40.5 Å². The molecule has 0 bridgehead atoms. The highest BCUT2D eigenvalue weighted by molar-refractivity contribution is 7.09. The molecule has 0 radical (unpaired) electrons. The van der Waals surface area contributed by atoms with Gasteiger partial charge in [-0.15, -0.1) is 11.3 Å². The van der Waals surface area contributed by atoms with Gasteiger partial charge in [-0.2, -0.15) is 0 Å². The summed E-state index contributed by atoms with van der Waals surface area (Å²) in [5.41, 5.74) is 1.42. The highest BCUT2D eigenvalue weighted by Gasteiger charge is 2.35. The van der Waals surface area contributed by atoms with E-state index in [2.05, 4.69) is 4.98 Å². The summed E-state index contributed by atoms with van der Waals surface area (Å²) in [7, 11) is 1.35. The van der Waals surface area contributed by atoms with Gasteiger partial charge in [-0.3, -0.25) is 4.79 Å². The van der Waals surface area contributed by atoms with Crippen LogP contribution in [0, 0.1) is 6.92 Å². The van der Waals surface area contributed by atoms with Crippen LogP contribution in [0.25, 0.3) is 0 Å². The van der Waals surface area contributed by atoms with E-state index in [1.165, 1.54) is 7.11 Å². The Balaban J connectivity index is 1.63. The predicted molar refractivity (Wildman–Crippen MR) is 93.7 cm³/mol. The molecule has 1 aliphatic rings. The van der Waals surface area contributed by atoms with E-state index in [-0.39, 0.29) is 11.9 Å². The summed E-state index contributed by atoms with van der Waals surface area (Å²) < 4.78 is 10.5. The number of esters is 1. The summed E-state index contributed by atoms with van der Waals surface area (Å²) in [6.45, 7) is 2.92. The second-order valence-electron chi connectivity index (χ2n) is 5.85. The van der Waals surface area contributed by atoms with Gasteiger partial charge in [0.15, 0.2) is 0 Å². The molecule has 1 aromatic heterocycles. The first-order valence-corrected chi connectivity index (χ1v) is 8.99. The minimum Gasteiger partial charge on any atom is -0.487 e. The van der Waals surface area contributed by atoms with Gasteiger partial charge in [0.1, 0.15) is 18.4 Å². The van der Waals surface area contributed by atoms with Gasteiger partial charge in [0, 0.05) is 17.5 Å². The van der Waals surface area contributed by atoms with Crippen molar-refractivity contribution in [3.8, 4) is 5.75 Å². The Morgan fingerprint density at radius 2 is 2.08 bits per heavy atom. The molecule has 0 aliphatic carbocycles. The number of nitrogens with zero attached hydrogens (tertiary/aromatic N) is 2. The van der Waals surface area contributed by atoms with E-state index in [4.69, 9.17) is 9.47 Å². The number of hydrogen-bond acceptors (Lipinski definition) is 6. The van der Waals surface area contributed by atoms with Crippen LogP contribution in [0.4, 0.5) is 0 Å². The highest BCUT2D eigenvalue weighted by Crippen LogP contribution is 2.22. The molecule has 0 N–H and O–H groups in total. The van der Waals surface area contributed by atoms with Crippen molar-refractivity contribution in [2.75, 3.05) is 13.7 Å². The molecule has 25 heavy (non-hydrogen) atoms. The number of carbonyl (C=O) groups is 2. The number of aryl methyl sites for hydroxylation is 1. The molecule has 1 atom stereocenters. The number of amides is 1. The van der Waals surface area contributed by atoms with Crippen LogP contribution in [0.2, 0.25) is 0 Å². The minimum atomic E-state index is -0.485. The SMILES string of the molecule is COC(=O)[C@H]1CCCN1C(=O)c1ccc(OCc2csc(C)n2)cc1. The van der Waals surface area contributed by atoms with Gasteiger partial charge in [-0.25, -0.2) is 9.78 Å². The minimum absolute atomic E-state index is 0.158. The van der Waals surface area contributed by atoms with Gasteiger partial charge in [0.05, 0.1) is 17.8 Å². The Morgan fingerprint density at radius 1 is 1.32 bits per heavy atom. The molecule has 1 amide bonds. The van der Waals surface area contributed by atoms with E-state index in [0.717, 1.165) is 17.1 Å². The molecule has 3 rings (SSSR count). The first-order chi connectivity index (χ1) is 12.1. The van der Waals surface area contributed by atoms with E-state index in [9.17, 15) is 9.59 Å². The van der Waals surface area contributed by atoms with Crippen LogP contribution in [0.3, 0.4) is 0 Å². The molecule has 0 unspecified atom stereocenters. The average molecular weight is 360 g/mol. The summed E-state index contributed by atoms with van der Waals surface area (Å²) in [5, 5.41) is 2.97. The van der Waals surface area contributed by atoms with Crippen molar-refractivity contribution in [1.82, 2.24) is 9.88 Å². The first kappa shape index (κ1) is 17.4. The van der Waals surface area contributed by atoms with Crippen LogP contribution < -0.4 is 4.74 Å². The number of likely N-dealkylation sites (tertiary alicyclic amines) is 1. The Hall–Kier alpha value is -2.41. The third-order valence-corrected chi connectivity index (χ3v) is 4.96. The highest BCUT2D eigenvalue weighted by atomic mass is 32.1. The topological polar surface area (TPSA) is 68.7 Å². The summed E-state index contributed by atoms with van der Waals surface area (Å²) >= 11 is 1.59. The number of methoxy groups -OCH3 is 1. The van der Waals surface area contributed by atoms with Crippen molar-refractivity contribution in [3.05, 3.63) is 45.9 Å². The van der Waals surface area contributed by atoms with Gasteiger partial charge in [0.25, 0.3) is 5.91 Å². The zero-order valence-corrected chi connectivity index (χ0v) is 15.0. The number of aromatic nitrogens is 1. The van der Waals surface area contributed by atoms with Crippen LogP contribution in [-0.2, 0) is 16.1 Å². The van der Waals surface area contributed by atoms with Crippen molar-refractivity contribution in [2.24, 2.45) is 0 Å². The van der Waals surface area contributed by atoms with Crippen LogP contribution in [0.1, 0.15) is 33.9 Å². The van der Waals surface area contributed by atoms with Gasteiger partial charge >= 0.3 is 5.97 Å². The molecule has 6 nitrogen and oxygen atoms in total. The van der Waals surface area contributed by atoms with Gasteiger partial charge in [-0.05, 0) is 44.0 Å². The molecule has 1 aliphatic heterocycles. The number of benzene rings is 1. The third kappa shape index (κ3) is 3.99.